The van der Waals surface area contributed by atoms with Crippen molar-refractivity contribution in [2.75, 3.05) is 14.2 Å². The molecule has 0 aliphatic carbocycles. The SMILES string of the molecule is CCCCc1[nH]c(=O)c(-c2nnc(Cc3ccccc3Cl)o2)c(O)c1-c1c(OC)cccc1OC. The molecule has 35 heavy (non-hydrogen) atoms. The van der Waals surface area contributed by atoms with Crippen LogP contribution in [0.3, 0.4) is 0 Å². The molecule has 0 radical (unpaired) electrons. The molecular formula is C26H26ClN3O5. The number of halogens is 1. The fraction of sp³-hybridized carbons (Fsp3) is 0.269. The van der Waals surface area contributed by atoms with E-state index >= 15 is 0 Å². The number of nitrogens with one attached hydrogen (secondary N) is 1. The van der Waals surface area contributed by atoms with Crippen LogP contribution in [0.5, 0.6) is 17.2 Å². The number of H-pyrrole nitrogens is 1. The highest BCUT2D eigenvalue weighted by Gasteiger charge is 2.27. The van der Waals surface area contributed by atoms with E-state index in [2.05, 4.69) is 22.1 Å². The highest BCUT2D eigenvalue weighted by Crippen LogP contribution is 2.46. The van der Waals surface area contributed by atoms with Gasteiger partial charge in [-0.25, -0.2) is 0 Å². The van der Waals surface area contributed by atoms with Crippen molar-refractivity contribution < 1.29 is 19.0 Å². The van der Waals surface area contributed by atoms with Gasteiger partial charge in [0.2, 0.25) is 5.89 Å². The van der Waals surface area contributed by atoms with Crippen LogP contribution in [0.2, 0.25) is 5.02 Å². The number of hydrogen-bond acceptors (Lipinski definition) is 7. The third-order valence-electron chi connectivity index (χ3n) is 5.71. The highest BCUT2D eigenvalue weighted by molar-refractivity contribution is 6.31. The molecule has 8 nitrogen and oxygen atoms in total. The lowest BCUT2D eigenvalue weighted by atomic mass is 9.96. The van der Waals surface area contributed by atoms with Crippen LogP contribution in [0.4, 0.5) is 0 Å². The summed E-state index contributed by atoms with van der Waals surface area (Å²) in [4.78, 5) is 16.0. The van der Waals surface area contributed by atoms with Crippen LogP contribution in [0, 0.1) is 0 Å². The molecule has 0 fully saturated rings. The molecule has 2 N–H and O–H groups in total. The van der Waals surface area contributed by atoms with E-state index < -0.39 is 5.56 Å². The number of unbranched alkanes of at least 4 members (excludes halogenated alkanes) is 1. The van der Waals surface area contributed by atoms with Crippen LogP contribution >= 0.6 is 11.6 Å². The normalized spacial score (nSPS) is 11.0. The number of aromatic nitrogens is 3. The van der Waals surface area contributed by atoms with E-state index in [0.29, 0.717) is 39.8 Å². The molecule has 0 bridgehead atoms. The first-order chi connectivity index (χ1) is 17.0. The predicted molar refractivity (Wildman–Crippen MR) is 133 cm³/mol. The Morgan fingerprint density at radius 1 is 1.00 bits per heavy atom. The molecule has 0 amide bonds. The Morgan fingerprint density at radius 2 is 1.71 bits per heavy atom. The van der Waals surface area contributed by atoms with Gasteiger partial charge in [0.25, 0.3) is 11.4 Å². The van der Waals surface area contributed by atoms with E-state index in [4.69, 9.17) is 25.5 Å². The molecule has 0 saturated carbocycles. The Labute approximate surface area is 207 Å². The maximum atomic E-state index is 13.1. The summed E-state index contributed by atoms with van der Waals surface area (Å²) >= 11 is 6.24. The van der Waals surface area contributed by atoms with Crippen molar-refractivity contribution in [1.29, 1.82) is 0 Å². The summed E-state index contributed by atoms with van der Waals surface area (Å²) in [5, 5.41) is 20.1. The second kappa shape index (κ2) is 10.7. The third-order valence-corrected chi connectivity index (χ3v) is 6.07. The number of nitrogens with zero attached hydrogens (tertiary/aromatic N) is 2. The van der Waals surface area contributed by atoms with E-state index in [1.165, 1.54) is 14.2 Å². The van der Waals surface area contributed by atoms with Crippen LogP contribution in [-0.4, -0.2) is 34.5 Å². The van der Waals surface area contributed by atoms with Gasteiger partial charge in [0.1, 0.15) is 22.8 Å². The van der Waals surface area contributed by atoms with E-state index in [1.54, 1.807) is 24.3 Å². The summed E-state index contributed by atoms with van der Waals surface area (Å²) in [6, 6.07) is 12.6. The molecule has 0 aliphatic heterocycles. The quantitative estimate of drug-likeness (QED) is 0.319. The Balaban J connectivity index is 1.88. The fourth-order valence-corrected chi connectivity index (χ4v) is 4.18. The molecule has 0 unspecified atom stereocenters. The zero-order valence-electron chi connectivity index (χ0n) is 19.7. The Hall–Kier alpha value is -3.78. The van der Waals surface area contributed by atoms with Gasteiger partial charge < -0.3 is 24.0 Å². The first kappa shape index (κ1) is 24.3. The third kappa shape index (κ3) is 4.88. The van der Waals surface area contributed by atoms with Gasteiger partial charge in [-0.3, -0.25) is 4.79 Å². The molecule has 2 aromatic carbocycles. The molecule has 0 saturated heterocycles. The van der Waals surface area contributed by atoms with E-state index in [-0.39, 0.29) is 29.5 Å². The Morgan fingerprint density at radius 3 is 2.37 bits per heavy atom. The number of aromatic hydroxyl groups is 1. The van der Waals surface area contributed by atoms with Crippen LogP contribution < -0.4 is 15.0 Å². The summed E-state index contributed by atoms with van der Waals surface area (Å²) in [5.41, 5.74) is 1.64. The van der Waals surface area contributed by atoms with Crippen molar-refractivity contribution in [1.82, 2.24) is 15.2 Å². The van der Waals surface area contributed by atoms with E-state index in [0.717, 1.165) is 18.4 Å². The minimum atomic E-state index is -0.529. The van der Waals surface area contributed by atoms with E-state index in [9.17, 15) is 9.90 Å². The maximum absolute atomic E-state index is 13.1. The Kier molecular flexibility index (Phi) is 7.41. The van der Waals surface area contributed by atoms with Crippen LogP contribution in [0.15, 0.2) is 51.7 Å². The summed E-state index contributed by atoms with van der Waals surface area (Å²) < 4.78 is 16.9. The summed E-state index contributed by atoms with van der Waals surface area (Å²) in [7, 11) is 3.07. The van der Waals surface area contributed by atoms with Crippen molar-refractivity contribution in [3.63, 3.8) is 0 Å². The molecule has 0 spiro atoms. The molecule has 2 heterocycles. The number of hydrogen-bond donors (Lipinski definition) is 2. The van der Waals surface area contributed by atoms with Gasteiger partial charge in [0.05, 0.1) is 31.8 Å². The number of rotatable bonds is 9. The average molecular weight is 496 g/mol. The maximum Gasteiger partial charge on any atom is 0.264 e. The van der Waals surface area contributed by atoms with Gasteiger partial charge in [-0.1, -0.05) is 49.2 Å². The van der Waals surface area contributed by atoms with Crippen molar-refractivity contribution in [2.24, 2.45) is 0 Å². The van der Waals surface area contributed by atoms with Crippen molar-refractivity contribution in [2.45, 2.75) is 32.6 Å². The minimum Gasteiger partial charge on any atom is -0.506 e. The zero-order chi connectivity index (χ0) is 24.9. The smallest absolute Gasteiger partial charge is 0.264 e. The molecule has 2 aromatic heterocycles. The number of benzene rings is 2. The van der Waals surface area contributed by atoms with Gasteiger partial charge in [-0.15, -0.1) is 10.2 Å². The van der Waals surface area contributed by atoms with Crippen molar-refractivity contribution in [3.8, 4) is 39.8 Å². The number of ether oxygens (including phenoxy) is 2. The predicted octanol–water partition coefficient (Wildman–Crippen LogP) is 5.40. The average Bonchev–Trinajstić information content (AvgIpc) is 3.31. The van der Waals surface area contributed by atoms with Crippen molar-refractivity contribution >= 4 is 11.6 Å². The second-order valence-corrected chi connectivity index (χ2v) is 8.35. The summed E-state index contributed by atoms with van der Waals surface area (Å²) in [6.07, 6.45) is 2.54. The Bertz CT molecular complexity index is 1370. The monoisotopic (exact) mass is 495 g/mol. The zero-order valence-corrected chi connectivity index (χ0v) is 20.5. The molecule has 9 heteroatoms. The van der Waals surface area contributed by atoms with Gasteiger partial charge in [0.15, 0.2) is 0 Å². The lowest BCUT2D eigenvalue weighted by molar-refractivity contribution is 0.396. The van der Waals surface area contributed by atoms with Gasteiger partial charge >= 0.3 is 0 Å². The topological polar surface area (TPSA) is 110 Å². The first-order valence-corrected chi connectivity index (χ1v) is 11.6. The summed E-state index contributed by atoms with van der Waals surface area (Å²) in [6.45, 7) is 2.05. The van der Waals surface area contributed by atoms with Crippen LogP contribution in [0.1, 0.15) is 36.9 Å². The molecular weight excluding hydrogens is 470 g/mol. The highest BCUT2D eigenvalue weighted by atomic mass is 35.5. The van der Waals surface area contributed by atoms with E-state index in [1.807, 2.05) is 18.2 Å². The molecule has 4 aromatic rings. The van der Waals surface area contributed by atoms with Gasteiger partial charge in [-0.05, 0) is 36.6 Å². The molecule has 0 aliphatic rings. The summed E-state index contributed by atoms with van der Waals surface area (Å²) in [5.74, 6) is 0.859. The first-order valence-electron chi connectivity index (χ1n) is 11.2. The molecule has 4 rings (SSSR count). The number of pyridine rings is 1. The van der Waals surface area contributed by atoms with Crippen molar-refractivity contribution in [3.05, 3.63) is 75.0 Å². The standard InChI is InChI=1S/C26H26ClN3O5/c1-4-5-11-17-21(22-18(33-2)12-8-13-19(22)34-3)24(31)23(25(32)28-17)26-30-29-20(35-26)14-15-9-6-7-10-16(15)27/h6-10,12-13H,4-5,11,14H2,1-3H3,(H2,28,31,32). The molecule has 0 atom stereocenters. The number of aryl methyl sites for hydroxylation is 1. The fourth-order valence-electron chi connectivity index (χ4n) is 3.97. The minimum absolute atomic E-state index is 0.0945. The lowest BCUT2D eigenvalue weighted by Crippen LogP contribution is -2.14. The molecule has 182 valence electrons. The van der Waals surface area contributed by atoms with Crippen LogP contribution in [-0.2, 0) is 12.8 Å². The second-order valence-electron chi connectivity index (χ2n) is 7.94. The van der Waals surface area contributed by atoms with Gasteiger partial charge in [-0.2, -0.15) is 0 Å². The van der Waals surface area contributed by atoms with Gasteiger partial charge in [0, 0.05) is 10.7 Å². The number of aromatic amines is 1. The number of methoxy groups -OCH3 is 2. The lowest BCUT2D eigenvalue weighted by Gasteiger charge is -2.18. The van der Waals surface area contributed by atoms with Crippen LogP contribution in [0.25, 0.3) is 22.6 Å². The largest absolute Gasteiger partial charge is 0.506 e.